The standard InChI is InChI=1S/C27H23N5/c1-2-5-19(6-3-1)8-10-21-16-29-25-13-11-23(27(25)31-21)20-9-12-24-26(15-20)32(18-30-24)22-7-4-14-28-17-22/h1-3,5-6,9,11-12,15-16,18,22,28H,4,7,13-14,17H2. The van der Waals surface area contributed by atoms with Crippen molar-refractivity contribution in [2.75, 3.05) is 13.1 Å². The monoisotopic (exact) mass is 417 g/mol. The zero-order chi connectivity index (χ0) is 21.3. The molecule has 3 heterocycles. The first-order chi connectivity index (χ1) is 15.8. The number of benzene rings is 2. The summed E-state index contributed by atoms with van der Waals surface area (Å²) in [5, 5.41) is 3.51. The lowest BCUT2D eigenvalue weighted by Gasteiger charge is -2.24. The first-order valence-corrected chi connectivity index (χ1v) is 11.2. The van der Waals surface area contributed by atoms with Crippen LogP contribution in [0.5, 0.6) is 0 Å². The Morgan fingerprint density at radius 2 is 1.97 bits per heavy atom. The third kappa shape index (κ3) is 3.49. The second kappa shape index (κ2) is 8.07. The molecule has 0 saturated carbocycles. The van der Waals surface area contributed by atoms with Gasteiger partial charge in [-0.25, -0.2) is 9.97 Å². The van der Waals surface area contributed by atoms with Crippen LogP contribution in [0.3, 0.4) is 0 Å². The van der Waals surface area contributed by atoms with E-state index in [-0.39, 0.29) is 0 Å². The number of nitrogens with zero attached hydrogens (tertiary/aromatic N) is 4. The van der Waals surface area contributed by atoms with Gasteiger partial charge in [-0.05, 0) is 55.1 Å². The average molecular weight is 418 g/mol. The van der Waals surface area contributed by atoms with Crippen LogP contribution >= 0.6 is 0 Å². The molecule has 0 amide bonds. The van der Waals surface area contributed by atoms with Crippen molar-refractivity contribution in [1.29, 1.82) is 0 Å². The molecule has 1 saturated heterocycles. The van der Waals surface area contributed by atoms with E-state index in [0.717, 1.165) is 53.1 Å². The molecular weight excluding hydrogens is 394 g/mol. The molecule has 1 fully saturated rings. The van der Waals surface area contributed by atoms with Crippen LogP contribution in [0.4, 0.5) is 0 Å². The third-order valence-corrected chi connectivity index (χ3v) is 6.26. The number of piperidine rings is 1. The van der Waals surface area contributed by atoms with E-state index < -0.39 is 0 Å². The summed E-state index contributed by atoms with van der Waals surface area (Å²) in [5.74, 6) is 6.35. The Labute approximate surface area is 187 Å². The van der Waals surface area contributed by atoms with Gasteiger partial charge in [0.15, 0.2) is 0 Å². The average Bonchev–Trinajstić information content (AvgIpc) is 3.47. The lowest BCUT2D eigenvalue weighted by molar-refractivity contribution is 0.378. The van der Waals surface area contributed by atoms with Crippen molar-refractivity contribution in [2.24, 2.45) is 0 Å². The van der Waals surface area contributed by atoms with Gasteiger partial charge in [0.2, 0.25) is 0 Å². The maximum Gasteiger partial charge on any atom is 0.132 e. The molecule has 5 nitrogen and oxygen atoms in total. The Kier molecular flexibility index (Phi) is 4.78. The number of nitrogens with one attached hydrogen (secondary N) is 1. The summed E-state index contributed by atoms with van der Waals surface area (Å²) in [4.78, 5) is 14.2. The maximum absolute atomic E-state index is 4.87. The van der Waals surface area contributed by atoms with E-state index in [9.17, 15) is 0 Å². The molecule has 0 spiro atoms. The molecule has 0 bridgehead atoms. The highest BCUT2D eigenvalue weighted by Gasteiger charge is 2.21. The summed E-state index contributed by atoms with van der Waals surface area (Å²) in [6.07, 6.45) is 9.17. The van der Waals surface area contributed by atoms with Crippen LogP contribution in [0.25, 0.3) is 16.6 Å². The summed E-state index contributed by atoms with van der Waals surface area (Å²) in [6, 6.07) is 16.9. The minimum absolute atomic E-state index is 0.452. The summed E-state index contributed by atoms with van der Waals surface area (Å²) < 4.78 is 2.33. The molecule has 1 unspecified atom stereocenters. The van der Waals surface area contributed by atoms with Crippen LogP contribution in [0, 0.1) is 11.8 Å². The van der Waals surface area contributed by atoms with Crippen LogP contribution in [0.2, 0.25) is 0 Å². The van der Waals surface area contributed by atoms with Crippen molar-refractivity contribution in [1.82, 2.24) is 24.8 Å². The van der Waals surface area contributed by atoms with Crippen LogP contribution in [0.15, 0.2) is 67.1 Å². The van der Waals surface area contributed by atoms with Crippen molar-refractivity contribution in [3.05, 3.63) is 95.3 Å². The van der Waals surface area contributed by atoms with Gasteiger partial charge in [0, 0.05) is 30.1 Å². The fourth-order valence-electron chi connectivity index (χ4n) is 4.60. The molecule has 5 heteroatoms. The van der Waals surface area contributed by atoms with E-state index in [1.54, 1.807) is 6.20 Å². The Hall–Kier alpha value is -3.75. The zero-order valence-corrected chi connectivity index (χ0v) is 17.8. The fourth-order valence-corrected chi connectivity index (χ4v) is 4.60. The van der Waals surface area contributed by atoms with Crippen LogP contribution < -0.4 is 5.32 Å². The van der Waals surface area contributed by atoms with Gasteiger partial charge in [0.05, 0.1) is 34.9 Å². The van der Waals surface area contributed by atoms with E-state index >= 15 is 0 Å². The van der Waals surface area contributed by atoms with Gasteiger partial charge in [-0.15, -0.1) is 0 Å². The molecule has 1 atom stereocenters. The van der Waals surface area contributed by atoms with Gasteiger partial charge < -0.3 is 9.88 Å². The van der Waals surface area contributed by atoms with E-state index in [4.69, 9.17) is 4.98 Å². The normalized spacial score (nSPS) is 17.5. The van der Waals surface area contributed by atoms with E-state index in [0.29, 0.717) is 11.7 Å². The highest BCUT2D eigenvalue weighted by Crippen LogP contribution is 2.32. The Balaban J connectivity index is 1.35. The predicted molar refractivity (Wildman–Crippen MR) is 126 cm³/mol. The summed E-state index contributed by atoms with van der Waals surface area (Å²) >= 11 is 0. The Morgan fingerprint density at radius 1 is 1.03 bits per heavy atom. The van der Waals surface area contributed by atoms with Crippen LogP contribution in [0.1, 0.15) is 47.1 Å². The molecule has 4 aromatic rings. The van der Waals surface area contributed by atoms with Crippen molar-refractivity contribution in [3.63, 3.8) is 0 Å². The molecule has 2 aromatic heterocycles. The van der Waals surface area contributed by atoms with Gasteiger partial charge in [0.25, 0.3) is 0 Å². The molecule has 1 aliphatic carbocycles. The third-order valence-electron chi connectivity index (χ3n) is 6.26. The SMILES string of the molecule is C(#Cc1cnc2c(n1)C(c1ccc3ncn(C4CCCNC4)c3c1)=CC2)c1ccccc1. The number of imidazole rings is 1. The van der Waals surface area contributed by atoms with Gasteiger partial charge >= 0.3 is 0 Å². The van der Waals surface area contributed by atoms with Gasteiger partial charge in [-0.3, -0.25) is 4.98 Å². The number of allylic oxidation sites excluding steroid dienone is 1. The summed E-state index contributed by atoms with van der Waals surface area (Å²) in [7, 11) is 0. The molecule has 32 heavy (non-hydrogen) atoms. The first-order valence-electron chi connectivity index (χ1n) is 11.2. The predicted octanol–water partition coefficient (Wildman–Crippen LogP) is 4.14. The quantitative estimate of drug-likeness (QED) is 0.498. The number of hydrogen-bond donors (Lipinski definition) is 1. The fraction of sp³-hybridized carbons (Fsp3) is 0.222. The highest BCUT2D eigenvalue weighted by atomic mass is 15.1. The Bertz CT molecular complexity index is 1380. The topological polar surface area (TPSA) is 55.6 Å². The minimum atomic E-state index is 0.452. The lowest BCUT2D eigenvalue weighted by Crippen LogP contribution is -2.31. The van der Waals surface area contributed by atoms with E-state index in [1.807, 2.05) is 36.7 Å². The van der Waals surface area contributed by atoms with Gasteiger partial charge in [0.1, 0.15) is 5.69 Å². The molecule has 2 aliphatic rings. The van der Waals surface area contributed by atoms with Crippen molar-refractivity contribution in [3.8, 4) is 11.8 Å². The molecule has 2 aromatic carbocycles. The van der Waals surface area contributed by atoms with Gasteiger partial charge in [-0.1, -0.05) is 36.3 Å². The van der Waals surface area contributed by atoms with E-state index in [1.165, 1.54) is 18.4 Å². The largest absolute Gasteiger partial charge is 0.326 e. The number of rotatable bonds is 2. The van der Waals surface area contributed by atoms with Crippen LogP contribution in [-0.2, 0) is 6.42 Å². The number of aromatic nitrogens is 4. The maximum atomic E-state index is 4.87. The zero-order valence-electron chi connectivity index (χ0n) is 17.8. The number of fused-ring (bicyclic) bond motifs is 2. The molecule has 156 valence electrons. The molecule has 6 rings (SSSR count). The Morgan fingerprint density at radius 3 is 2.84 bits per heavy atom. The lowest BCUT2D eigenvalue weighted by atomic mass is 10.0. The molecule has 1 N–H and O–H groups in total. The molecule has 0 radical (unpaired) electrons. The van der Waals surface area contributed by atoms with Crippen molar-refractivity contribution in [2.45, 2.75) is 25.3 Å². The van der Waals surface area contributed by atoms with Crippen molar-refractivity contribution < 1.29 is 0 Å². The smallest absolute Gasteiger partial charge is 0.132 e. The van der Waals surface area contributed by atoms with Gasteiger partial charge in [-0.2, -0.15) is 0 Å². The second-order valence-corrected chi connectivity index (χ2v) is 8.34. The summed E-state index contributed by atoms with van der Waals surface area (Å²) in [6.45, 7) is 2.10. The van der Waals surface area contributed by atoms with Crippen LogP contribution in [-0.4, -0.2) is 32.6 Å². The second-order valence-electron chi connectivity index (χ2n) is 8.34. The first kappa shape index (κ1) is 19.0. The molecule has 1 aliphatic heterocycles. The number of hydrogen-bond acceptors (Lipinski definition) is 4. The highest BCUT2D eigenvalue weighted by molar-refractivity contribution is 5.87. The minimum Gasteiger partial charge on any atom is -0.326 e. The molecular formula is C27H23N5. The van der Waals surface area contributed by atoms with Crippen molar-refractivity contribution >= 4 is 16.6 Å². The van der Waals surface area contributed by atoms with E-state index in [2.05, 4.69) is 56.0 Å². The summed E-state index contributed by atoms with van der Waals surface area (Å²) in [5.41, 5.74) is 8.12.